The van der Waals surface area contributed by atoms with Gasteiger partial charge in [0.15, 0.2) is 5.41 Å². The Morgan fingerprint density at radius 2 is 1.87 bits per heavy atom. The van der Waals surface area contributed by atoms with Crippen LogP contribution >= 0.6 is 22.6 Å². The van der Waals surface area contributed by atoms with Crippen molar-refractivity contribution in [2.45, 2.75) is 100 Å². The number of esters is 3. The number of fused-ring (bicyclic) bond motifs is 1. The second kappa shape index (κ2) is 7.83. The molecule has 0 amide bonds. The minimum atomic E-state index is -1.44. The molecule has 9 heteroatoms. The fourth-order valence-corrected chi connectivity index (χ4v) is 5.07. The van der Waals surface area contributed by atoms with Gasteiger partial charge in [-0.25, -0.2) is 0 Å². The first-order valence-electron chi connectivity index (χ1n) is 10.8. The largest absolute Gasteiger partial charge is 0.458 e. The molecule has 2 saturated carbocycles. The van der Waals surface area contributed by atoms with E-state index in [1.54, 1.807) is 20.8 Å². The highest BCUT2D eigenvalue weighted by atomic mass is 127. The molecule has 0 aromatic carbocycles. The smallest absolute Gasteiger partial charge is 0.324 e. The lowest BCUT2D eigenvalue weighted by molar-refractivity contribution is -0.183. The molecule has 7 atom stereocenters. The monoisotopic (exact) mass is 552 g/mol. The Balaban J connectivity index is 1.78. The molecule has 1 aliphatic heterocycles. The van der Waals surface area contributed by atoms with Gasteiger partial charge in [-0.15, -0.1) is 0 Å². The summed E-state index contributed by atoms with van der Waals surface area (Å²) in [5.74, 6) is -2.34. The van der Waals surface area contributed by atoms with Crippen LogP contribution in [-0.2, 0) is 28.6 Å². The molecule has 3 aliphatic rings. The molecule has 0 aromatic rings. The summed E-state index contributed by atoms with van der Waals surface area (Å²) in [6, 6.07) is 0. The molecule has 7 unspecified atom stereocenters. The Morgan fingerprint density at radius 3 is 2.39 bits per heavy atom. The van der Waals surface area contributed by atoms with Gasteiger partial charge >= 0.3 is 17.9 Å². The molecule has 0 spiro atoms. The van der Waals surface area contributed by atoms with Crippen molar-refractivity contribution in [3.63, 3.8) is 0 Å². The second-order valence-corrected chi connectivity index (χ2v) is 13.0. The zero-order valence-electron chi connectivity index (χ0n) is 18.9. The van der Waals surface area contributed by atoms with Crippen molar-refractivity contribution in [3.8, 4) is 0 Å². The Labute approximate surface area is 196 Å². The molecule has 1 heterocycles. The highest BCUT2D eigenvalue weighted by Gasteiger charge is 2.75. The number of hydrogen-bond donors (Lipinski definition) is 2. The van der Waals surface area contributed by atoms with Gasteiger partial charge in [0.05, 0.1) is 11.2 Å². The minimum Gasteiger partial charge on any atom is -0.458 e. The van der Waals surface area contributed by atoms with E-state index in [9.17, 15) is 24.6 Å². The van der Waals surface area contributed by atoms with Crippen LogP contribution < -0.4 is 0 Å². The minimum absolute atomic E-state index is 0.0103. The lowest BCUT2D eigenvalue weighted by Gasteiger charge is -2.36. The molecule has 0 aromatic heterocycles. The molecule has 1 saturated heterocycles. The quantitative estimate of drug-likeness (QED) is 0.155. The Bertz CT molecular complexity index is 764. The number of rotatable bonds is 8. The predicted molar refractivity (Wildman–Crippen MR) is 118 cm³/mol. The van der Waals surface area contributed by atoms with Crippen molar-refractivity contribution in [3.05, 3.63) is 0 Å². The number of alkyl halides is 1. The summed E-state index contributed by atoms with van der Waals surface area (Å²) in [7, 11) is 0. The van der Waals surface area contributed by atoms with Crippen molar-refractivity contribution in [1.29, 1.82) is 0 Å². The summed E-state index contributed by atoms with van der Waals surface area (Å²) >= 11 is 2.06. The second-order valence-electron chi connectivity index (χ2n) is 10.6. The van der Waals surface area contributed by atoms with Crippen LogP contribution in [0.5, 0.6) is 0 Å². The van der Waals surface area contributed by atoms with Crippen LogP contribution in [-0.4, -0.2) is 61.1 Å². The number of halogens is 1. The van der Waals surface area contributed by atoms with E-state index in [2.05, 4.69) is 22.6 Å². The molecule has 3 rings (SSSR count). The molecule has 3 fully saturated rings. The normalized spacial score (nSPS) is 34.8. The molecule has 8 nitrogen and oxygen atoms in total. The van der Waals surface area contributed by atoms with Gasteiger partial charge in [0.1, 0.15) is 21.7 Å². The first kappa shape index (κ1) is 24.7. The zero-order chi connectivity index (χ0) is 23.6. The topological polar surface area (TPSA) is 119 Å². The van der Waals surface area contributed by atoms with E-state index >= 15 is 0 Å². The fourth-order valence-electron chi connectivity index (χ4n) is 4.95. The Hall–Kier alpha value is -0.940. The molecular formula is C22H33IO8. The van der Waals surface area contributed by atoms with Gasteiger partial charge in [-0.05, 0) is 53.9 Å². The first-order chi connectivity index (χ1) is 14.0. The van der Waals surface area contributed by atoms with E-state index in [1.807, 2.05) is 6.92 Å². The van der Waals surface area contributed by atoms with Gasteiger partial charge in [0.2, 0.25) is 0 Å². The summed E-state index contributed by atoms with van der Waals surface area (Å²) in [5, 5.41) is 20.7. The molecular weight excluding hydrogens is 519 g/mol. The van der Waals surface area contributed by atoms with Crippen molar-refractivity contribution in [2.75, 3.05) is 0 Å². The van der Waals surface area contributed by atoms with E-state index in [1.165, 1.54) is 13.8 Å². The molecule has 2 bridgehead atoms. The fraction of sp³-hybridized carbons (Fsp3) is 0.864. The maximum absolute atomic E-state index is 13.3. The van der Waals surface area contributed by atoms with Crippen molar-refractivity contribution < 1.29 is 38.8 Å². The average Bonchev–Trinajstić information content (AvgIpc) is 3.21. The molecule has 2 N–H and O–H groups in total. The van der Waals surface area contributed by atoms with Crippen LogP contribution in [0.2, 0.25) is 0 Å². The van der Waals surface area contributed by atoms with Crippen LogP contribution in [0.3, 0.4) is 0 Å². The van der Waals surface area contributed by atoms with Gasteiger partial charge in [0.25, 0.3) is 0 Å². The third-order valence-corrected chi connectivity index (χ3v) is 8.19. The van der Waals surface area contributed by atoms with Gasteiger partial charge < -0.3 is 24.4 Å². The molecule has 31 heavy (non-hydrogen) atoms. The van der Waals surface area contributed by atoms with Crippen molar-refractivity contribution in [2.24, 2.45) is 17.3 Å². The average molecular weight is 552 g/mol. The van der Waals surface area contributed by atoms with E-state index in [-0.39, 0.29) is 24.7 Å². The van der Waals surface area contributed by atoms with E-state index in [4.69, 9.17) is 14.2 Å². The Kier molecular flexibility index (Phi) is 6.24. The molecule has 176 valence electrons. The highest BCUT2D eigenvalue weighted by Crippen LogP contribution is 2.63. The number of aliphatic hydroxyl groups is 2. The zero-order valence-corrected chi connectivity index (χ0v) is 21.1. The Morgan fingerprint density at radius 1 is 1.26 bits per heavy atom. The van der Waals surface area contributed by atoms with E-state index in [0.717, 1.165) is 0 Å². The van der Waals surface area contributed by atoms with Gasteiger partial charge in [0, 0.05) is 18.3 Å². The summed E-state index contributed by atoms with van der Waals surface area (Å²) in [4.78, 5) is 38.7. The van der Waals surface area contributed by atoms with Crippen LogP contribution in [0.25, 0.3) is 0 Å². The molecule has 2 aliphatic carbocycles. The summed E-state index contributed by atoms with van der Waals surface area (Å²) in [6.07, 6.45) is -0.891. The number of carbonyl (C=O) groups excluding carboxylic acids is 3. The van der Waals surface area contributed by atoms with Crippen molar-refractivity contribution in [1.82, 2.24) is 0 Å². The predicted octanol–water partition coefficient (Wildman–Crippen LogP) is 2.30. The SMILES string of the molecule is CCC(C)(I)C(=O)OC1C2CC3C1OC(=O)C3(C(=O)OC(CC(C)(C)O)C(C)(C)O)C2. The van der Waals surface area contributed by atoms with E-state index < -0.39 is 56.2 Å². The number of carbonyl (C=O) groups is 3. The van der Waals surface area contributed by atoms with Crippen LogP contribution in [0.1, 0.15) is 67.2 Å². The summed E-state index contributed by atoms with van der Waals surface area (Å²) < 4.78 is 16.3. The third kappa shape index (κ3) is 4.34. The lowest BCUT2D eigenvalue weighted by Crippen LogP contribution is -2.50. The van der Waals surface area contributed by atoms with Crippen LogP contribution in [0.4, 0.5) is 0 Å². The number of hydrogen-bond acceptors (Lipinski definition) is 8. The highest BCUT2D eigenvalue weighted by molar-refractivity contribution is 14.1. The van der Waals surface area contributed by atoms with Crippen molar-refractivity contribution >= 4 is 40.5 Å². The van der Waals surface area contributed by atoms with Gasteiger partial charge in [-0.2, -0.15) is 0 Å². The maximum Gasteiger partial charge on any atom is 0.324 e. The van der Waals surface area contributed by atoms with Gasteiger partial charge in [-0.3, -0.25) is 14.4 Å². The maximum atomic E-state index is 13.3. The third-order valence-electron chi connectivity index (χ3n) is 6.99. The van der Waals surface area contributed by atoms with Gasteiger partial charge in [-0.1, -0.05) is 29.5 Å². The van der Waals surface area contributed by atoms with E-state index in [0.29, 0.717) is 12.8 Å². The molecule has 0 radical (unpaired) electrons. The van der Waals surface area contributed by atoms with Crippen LogP contribution in [0, 0.1) is 17.3 Å². The first-order valence-corrected chi connectivity index (χ1v) is 11.9. The standard InChI is InChI=1S/C22H33IO8/c1-7-21(6,23)16(24)30-14-11-8-12-15(14)31-18(26)22(12,9-11)17(25)29-13(20(4,5)28)10-19(2,3)27/h11-15,27-28H,7-10H2,1-6H3. The number of ether oxygens (including phenoxy) is 3. The lowest BCUT2D eigenvalue weighted by atomic mass is 9.73. The summed E-state index contributed by atoms with van der Waals surface area (Å²) in [5.41, 5.74) is -4.03. The van der Waals surface area contributed by atoms with Crippen LogP contribution in [0.15, 0.2) is 0 Å². The summed E-state index contributed by atoms with van der Waals surface area (Å²) in [6.45, 7) is 9.81.